The van der Waals surface area contributed by atoms with Crippen molar-refractivity contribution in [1.29, 1.82) is 0 Å². The zero-order valence-corrected chi connectivity index (χ0v) is 13.9. The Morgan fingerprint density at radius 3 is 2.52 bits per heavy atom. The summed E-state index contributed by atoms with van der Waals surface area (Å²) in [6.07, 6.45) is 1.74. The van der Waals surface area contributed by atoms with Crippen LogP contribution in [0.5, 0.6) is 0 Å². The van der Waals surface area contributed by atoms with E-state index in [0.29, 0.717) is 25.2 Å². The highest BCUT2D eigenvalue weighted by Gasteiger charge is 2.41. The number of fused-ring (bicyclic) bond motifs is 4. The summed E-state index contributed by atoms with van der Waals surface area (Å²) in [6.45, 7) is 3.10. The molecule has 0 spiro atoms. The summed E-state index contributed by atoms with van der Waals surface area (Å²) < 4.78 is 40.1. The third-order valence-electron chi connectivity index (χ3n) is 4.73. The van der Waals surface area contributed by atoms with E-state index in [0.717, 1.165) is 12.8 Å². The number of carbonyl (C=O) groups is 1. The fraction of sp³-hybridized carbons (Fsp3) is 0.562. The monoisotopic (exact) mass is 340 g/mol. The van der Waals surface area contributed by atoms with E-state index >= 15 is 0 Å². The second-order valence-corrected chi connectivity index (χ2v) is 8.40. The van der Waals surface area contributed by atoms with Gasteiger partial charge in [-0.2, -0.15) is 4.31 Å². The lowest BCUT2D eigenvalue weighted by atomic mass is 9.97. The SMILES string of the molecule is CC(=O)N1C[C@@H]2CC[C@H](C1)N(S(=O)(=O)Cc1ccc(F)cc1)C2. The molecule has 3 aliphatic heterocycles. The summed E-state index contributed by atoms with van der Waals surface area (Å²) in [5, 5.41) is 0. The van der Waals surface area contributed by atoms with Gasteiger partial charge in [0.25, 0.3) is 0 Å². The summed E-state index contributed by atoms with van der Waals surface area (Å²) in [6, 6.07) is 5.41. The van der Waals surface area contributed by atoms with Gasteiger partial charge in [-0.15, -0.1) is 0 Å². The highest BCUT2D eigenvalue weighted by atomic mass is 32.2. The van der Waals surface area contributed by atoms with Crippen LogP contribution < -0.4 is 0 Å². The number of rotatable bonds is 3. The molecule has 23 heavy (non-hydrogen) atoms. The normalized spacial score (nSPS) is 25.4. The molecule has 3 fully saturated rings. The zero-order chi connectivity index (χ0) is 16.6. The van der Waals surface area contributed by atoms with E-state index in [1.54, 1.807) is 9.21 Å². The Morgan fingerprint density at radius 2 is 1.87 bits per heavy atom. The highest BCUT2D eigenvalue weighted by molar-refractivity contribution is 7.88. The number of hydrogen-bond acceptors (Lipinski definition) is 3. The van der Waals surface area contributed by atoms with Gasteiger partial charge in [-0.3, -0.25) is 4.79 Å². The van der Waals surface area contributed by atoms with Crippen molar-refractivity contribution in [3.05, 3.63) is 35.6 Å². The van der Waals surface area contributed by atoms with E-state index in [1.165, 1.54) is 31.2 Å². The summed E-state index contributed by atoms with van der Waals surface area (Å²) in [7, 11) is -3.48. The van der Waals surface area contributed by atoms with Crippen molar-refractivity contribution in [3.8, 4) is 0 Å². The maximum absolute atomic E-state index is 13.0. The third kappa shape index (κ3) is 3.55. The molecule has 2 bridgehead atoms. The first-order valence-electron chi connectivity index (χ1n) is 7.84. The van der Waals surface area contributed by atoms with Gasteiger partial charge in [-0.1, -0.05) is 12.1 Å². The van der Waals surface area contributed by atoms with Crippen LogP contribution in [0.1, 0.15) is 25.3 Å². The van der Waals surface area contributed by atoms with Crippen LogP contribution in [0.15, 0.2) is 24.3 Å². The van der Waals surface area contributed by atoms with Gasteiger partial charge >= 0.3 is 0 Å². The van der Waals surface area contributed by atoms with Crippen LogP contribution >= 0.6 is 0 Å². The van der Waals surface area contributed by atoms with Gasteiger partial charge in [0.05, 0.1) is 5.75 Å². The number of halogens is 1. The number of carbonyl (C=O) groups excluding carboxylic acids is 1. The quantitative estimate of drug-likeness (QED) is 0.840. The van der Waals surface area contributed by atoms with E-state index in [9.17, 15) is 17.6 Å². The molecule has 3 aliphatic rings. The van der Waals surface area contributed by atoms with Crippen LogP contribution in [0.25, 0.3) is 0 Å². The Labute approximate surface area is 136 Å². The lowest BCUT2D eigenvalue weighted by molar-refractivity contribution is -0.129. The predicted octanol–water partition coefficient (Wildman–Crippen LogP) is 1.60. The summed E-state index contributed by atoms with van der Waals surface area (Å²) >= 11 is 0. The number of sulfonamides is 1. The summed E-state index contributed by atoms with van der Waals surface area (Å²) in [5.74, 6) is -0.311. The summed E-state index contributed by atoms with van der Waals surface area (Å²) in [4.78, 5) is 13.4. The molecule has 0 aromatic heterocycles. The fourth-order valence-corrected chi connectivity index (χ4v) is 5.35. The van der Waals surface area contributed by atoms with E-state index < -0.39 is 10.0 Å². The first-order chi connectivity index (χ1) is 10.8. The Hall–Kier alpha value is -1.47. The number of piperidine rings is 1. The first kappa shape index (κ1) is 16.4. The predicted molar refractivity (Wildman–Crippen MR) is 84.5 cm³/mol. The molecule has 1 aromatic carbocycles. The van der Waals surface area contributed by atoms with Gasteiger partial charge in [0, 0.05) is 32.6 Å². The van der Waals surface area contributed by atoms with E-state index in [2.05, 4.69) is 0 Å². The molecule has 5 nitrogen and oxygen atoms in total. The zero-order valence-electron chi connectivity index (χ0n) is 13.1. The van der Waals surface area contributed by atoms with E-state index in [4.69, 9.17) is 0 Å². The molecule has 1 aromatic rings. The molecule has 4 rings (SSSR count). The molecule has 126 valence electrons. The van der Waals surface area contributed by atoms with Crippen molar-refractivity contribution in [2.75, 3.05) is 19.6 Å². The third-order valence-corrected chi connectivity index (χ3v) is 6.59. The Bertz CT molecular complexity index is 690. The van der Waals surface area contributed by atoms with E-state index in [-0.39, 0.29) is 29.4 Å². The van der Waals surface area contributed by atoms with Crippen molar-refractivity contribution in [3.63, 3.8) is 0 Å². The molecule has 0 unspecified atom stereocenters. The Balaban J connectivity index is 1.80. The van der Waals surface area contributed by atoms with Crippen molar-refractivity contribution in [2.45, 2.75) is 31.6 Å². The summed E-state index contributed by atoms with van der Waals surface area (Å²) in [5.41, 5.74) is 0.579. The van der Waals surface area contributed by atoms with E-state index in [1.807, 2.05) is 0 Å². The van der Waals surface area contributed by atoms with Crippen LogP contribution in [0.3, 0.4) is 0 Å². The average molecular weight is 340 g/mol. The molecule has 2 atom stereocenters. The molecule has 0 aliphatic carbocycles. The van der Waals surface area contributed by atoms with Gasteiger partial charge in [-0.25, -0.2) is 12.8 Å². The van der Waals surface area contributed by atoms with Crippen molar-refractivity contribution in [2.24, 2.45) is 5.92 Å². The van der Waals surface area contributed by atoms with Gasteiger partial charge in [0.1, 0.15) is 5.82 Å². The van der Waals surface area contributed by atoms with Crippen molar-refractivity contribution >= 4 is 15.9 Å². The fourth-order valence-electron chi connectivity index (χ4n) is 3.51. The second-order valence-electron chi connectivity index (χ2n) is 6.47. The first-order valence-corrected chi connectivity index (χ1v) is 9.45. The molecular formula is C16H21FN2O3S. The van der Waals surface area contributed by atoms with Crippen molar-refractivity contribution < 1.29 is 17.6 Å². The number of hydrogen-bond donors (Lipinski definition) is 0. The minimum Gasteiger partial charge on any atom is -0.341 e. The molecule has 0 N–H and O–H groups in total. The van der Waals surface area contributed by atoms with Gasteiger partial charge in [0.15, 0.2) is 0 Å². The van der Waals surface area contributed by atoms with Crippen LogP contribution in [0, 0.1) is 11.7 Å². The van der Waals surface area contributed by atoms with Crippen LogP contribution in [0.2, 0.25) is 0 Å². The number of amides is 1. The Kier molecular flexibility index (Phi) is 4.42. The van der Waals surface area contributed by atoms with Gasteiger partial charge < -0.3 is 4.90 Å². The molecule has 7 heteroatoms. The van der Waals surface area contributed by atoms with Crippen LogP contribution in [-0.2, 0) is 20.6 Å². The minimum atomic E-state index is -3.48. The molecule has 1 amide bonds. The second kappa shape index (κ2) is 6.20. The average Bonchev–Trinajstić information content (AvgIpc) is 2.81. The van der Waals surface area contributed by atoms with Crippen molar-refractivity contribution in [1.82, 2.24) is 9.21 Å². The lowest BCUT2D eigenvalue weighted by Gasteiger charge is -2.34. The standard InChI is InChI=1S/C16H21FN2O3S/c1-12(20)18-8-14-4-7-16(10-18)19(9-14)23(21,22)11-13-2-5-15(17)6-3-13/h2-3,5-6,14,16H,4,7-11H2,1H3/t14-,16+/m0/s1. The smallest absolute Gasteiger partial charge is 0.219 e. The Morgan fingerprint density at radius 1 is 1.17 bits per heavy atom. The molecule has 3 saturated heterocycles. The maximum atomic E-state index is 13.0. The topological polar surface area (TPSA) is 57.7 Å². The number of benzene rings is 1. The maximum Gasteiger partial charge on any atom is 0.219 e. The minimum absolute atomic E-state index is 0.000294. The molecule has 0 saturated carbocycles. The number of nitrogens with zero attached hydrogens (tertiary/aromatic N) is 2. The van der Waals surface area contributed by atoms with Gasteiger partial charge in [0.2, 0.25) is 15.9 Å². The largest absolute Gasteiger partial charge is 0.341 e. The van der Waals surface area contributed by atoms with Crippen LogP contribution in [-0.4, -0.2) is 49.2 Å². The van der Waals surface area contributed by atoms with Crippen LogP contribution in [0.4, 0.5) is 4.39 Å². The molecule has 0 radical (unpaired) electrons. The lowest BCUT2D eigenvalue weighted by Crippen LogP contribution is -2.47. The highest BCUT2D eigenvalue weighted by Crippen LogP contribution is 2.31. The molecule has 3 heterocycles. The molecular weight excluding hydrogens is 319 g/mol. The van der Waals surface area contributed by atoms with Gasteiger partial charge in [-0.05, 0) is 36.5 Å².